The molecule has 2 aromatic rings. The molecule has 7 heteroatoms. The van der Waals surface area contributed by atoms with Gasteiger partial charge in [0.1, 0.15) is 11.4 Å². The number of nitrogens with zero attached hydrogens (tertiary/aromatic N) is 2. The Labute approximate surface area is 154 Å². The first-order valence-electron chi connectivity index (χ1n) is 6.97. The number of likely N-dealkylation sites (N-methyl/N-ethyl adjacent to an activating group) is 1. The second-order valence-corrected chi connectivity index (χ2v) is 6.38. The summed E-state index contributed by atoms with van der Waals surface area (Å²) in [5.41, 5.74) is 1.34. The largest absolute Gasteiger partial charge is 0.506 e. The van der Waals surface area contributed by atoms with Crippen molar-refractivity contribution in [1.29, 1.82) is 0 Å². The number of phenols is 1. The van der Waals surface area contributed by atoms with Crippen molar-refractivity contribution < 1.29 is 9.90 Å². The number of phenolic OH excluding ortho intramolecular Hbond substituents is 1. The molecule has 122 valence electrons. The van der Waals surface area contributed by atoms with Crippen LogP contribution in [-0.4, -0.2) is 28.1 Å². The van der Waals surface area contributed by atoms with Crippen LogP contribution in [0.15, 0.2) is 48.2 Å². The van der Waals surface area contributed by atoms with E-state index in [2.05, 4.69) is 0 Å². The minimum atomic E-state index is -0.288. The molecule has 0 aromatic heterocycles. The average Bonchev–Trinajstić information content (AvgIpc) is 2.76. The first-order valence-corrected chi connectivity index (χ1v) is 8.13. The molecule has 2 aromatic carbocycles. The monoisotopic (exact) mass is 378 g/mol. The van der Waals surface area contributed by atoms with Crippen LogP contribution in [0.25, 0.3) is 6.08 Å². The number of rotatable bonds is 2. The molecule has 4 nitrogen and oxygen atoms in total. The molecule has 0 bridgehead atoms. The molecular weight excluding hydrogens is 367 g/mol. The van der Waals surface area contributed by atoms with E-state index in [1.807, 2.05) is 18.2 Å². The highest BCUT2D eigenvalue weighted by Gasteiger charge is 2.36. The Kier molecular flexibility index (Phi) is 4.49. The number of halogens is 2. The number of thiocarbonyl (C=S) groups is 1. The van der Waals surface area contributed by atoms with Crippen LogP contribution >= 0.6 is 35.4 Å². The van der Waals surface area contributed by atoms with E-state index in [0.717, 1.165) is 0 Å². The van der Waals surface area contributed by atoms with Crippen molar-refractivity contribution >= 4 is 58.2 Å². The molecule has 1 saturated heterocycles. The third-order valence-corrected chi connectivity index (χ3v) is 4.59. The highest BCUT2D eigenvalue weighted by molar-refractivity contribution is 7.80. The molecule has 1 aliphatic heterocycles. The Bertz CT molecular complexity index is 868. The van der Waals surface area contributed by atoms with Crippen molar-refractivity contribution in [1.82, 2.24) is 4.90 Å². The van der Waals surface area contributed by atoms with E-state index >= 15 is 0 Å². The topological polar surface area (TPSA) is 43.8 Å². The minimum Gasteiger partial charge on any atom is -0.506 e. The fourth-order valence-electron chi connectivity index (χ4n) is 2.40. The van der Waals surface area contributed by atoms with Crippen LogP contribution in [0.4, 0.5) is 5.69 Å². The predicted octanol–water partition coefficient (Wildman–Crippen LogP) is 4.30. The van der Waals surface area contributed by atoms with E-state index in [0.29, 0.717) is 27.1 Å². The Hall–Kier alpha value is -2.08. The van der Waals surface area contributed by atoms with Crippen LogP contribution in [0.2, 0.25) is 10.0 Å². The molecule has 1 amide bonds. The van der Waals surface area contributed by atoms with E-state index in [1.165, 1.54) is 23.1 Å². The molecule has 1 N–H and O–H groups in total. The van der Waals surface area contributed by atoms with E-state index in [1.54, 1.807) is 24.1 Å². The van der Waals surface area contributed by atoms with Crippen molar-refractivity contribution in [3.63, 3.8) is 0 Å². The molecule has 0 atom stereocenters. The van der Waals surface area contributed by atoms with Gasteiger partial charge in [-0.2, -0.15) is 0 Å². The van der Waals surface area contributed by atoms with E-state index in [-0.39, 0.29) is 16.7 Å². The Morgan fingerprint density at radius 2 is 1.83 bits per heavy atom. The molecular formula is C17H12Cl2N2O2S. The van der Waals surface area contributed by atoms with Crippen LogP contribution in [-0.2, 0) is 4.79 Å². The minimum absolute atomic E-state index is 0.116. The lowest BCUT2D eigenvalue weighted by atomic mass is 10.1. The van der Waals surface area contributed by atoms with Crippen LogP contribution in [0.3, 0.4) is 0 Å². The number of hydrogen-bond donors (Lipinski definition) is 1. The van der Waals surface area contributed by atoms with Gasteiger partial charge in [0.25, 0.3) is 5.91 Å². The standard InChI is InChI=1S/C17H12Cl2N2O2S/c1-20-14(8-10-7-11(18)9-13(19)15(10)22)16(23)21(17(20)24)12-5-3-2-4-6-12/h2-9,22H,1H3/b14-8-. The fraction of sp³-hybridized carbons (Fsp3) is 0.0588. The number of amides is 1. The molecule has 3 rings (SSSR count). The van der Waals surface area contributed by atoms with E-state index < -0.39 is 0 Å². The first kappa shape index (κ1) is 16.8. The summed E-state index contributed by atoms with van der Waals surface area (Å²) in [7, 11) is 1.69. The Balaban J connectivity index is 2.07. The van der Waals surface area contributed by atoms with Gasteiger partial charge in [0.05, 0.1) is 10.7 Å². The molecule has 0 radical (unpaired) electrons. The van der Waals surface area contributed by atoms with Gasteiger partial charge in [-0.15, -0.1) is 0 Å². The van der Waals surface area contributed by atoms with Crippen molar-refractivity contribution in [3.8, 4) is 5.75 Å². The third-order valence-electron chi connectivity index (χ3n) is 3.63. The maximum atomic E-state index is 12.8. The number of carbonyl (C=O) groups is 1. The van der Waals surface area contributed by atoms with Crippen LogP contribution in [0.5, 0.6) is 5.75 Å². The van der Waals surface area contributed by atoms with E-state index in [4.69, 9.17) is 35.4 Å². The third kappa shape index (κ3) is 2.86. The zero-order valence-electron chi connectivity index (χ0n) is 12.5. The molecule has 24 heavy (non-hydrogen) atoms. The molecule has 0 unspecified atom stereocenters. The quantitative estimate of drug-likeness (QED) is 0.624. The number of para-hydroxylation sites is 1. The summed E-state index contributed by atoms with van der Waals surface area (Å²) in [5, 5.41) is 10.9. The molecule has 0 saturated carbocycles. The summed E-state index contributed by atoms with van der Waals surface area (Å²) >= 11 is 17.3. The molecule has 1 heterocycles. The van der Waals surface area contributed by atoms with Gasteiger partial charge in [0.2, 0.25) is 0 Å². The highest BCUT2D eigenvalue weighted by atomic mass is 35.5. The number of anilines is 1. The second kappa shape index (κ2) is 6.43. The molecule has 0 aliphatic carbocycles. The molecule has 0 spiro atoms. The lowest BCUT2D eigenvalue weighted by Gasteiger charge is -2.16. The average molecular weight is 379 g/mol. The second-order valence-electron chi connectivity index (χ2n) is 5.17. The number of carbonyl (C=O) groups excluding carboxylic acids is 1. The van der Waals surface area contributed by atoms with Crippen molar-refractivity contribution in [2.45, 2.75) is 0 Å². The number of benzene rings is 2. The van der Waals surface area contributed by atoms with Gasteiger partial charge in [-0.1, -0.05) is 41.4 Å². The molecule has 1 fully saturated rings. The SMILES string of the molecule is CN1C(=S)N(c2ccccc2)C(=O)/C1=C/c1cc(Cl)cc(Cl)c1O. The Morgan fingerprint density at radius 3 is 2.50 bits per heavy atom. The van der Waals surface area contributed by atoms with Gasteiger partial charge < -0.3 is 10.0 Å². The van der Waals surface area contributed by atoms with Crippen LogP contribution in [0, 0.1) is 0 Å². The van der Waals surface area contributed by atoms with Gasteiger partial charge in [-0.3, -0.25) is 9.69 Å². The van der Waals surface area contributed by atoms with E-state index in [9.17, 15) is 9.90 Å². The summed E-state index contributed by atoms with van der Waals surface area (Å²) in [4.78, 5) is 15.8. The van der Waals surface area contributed by atoms with Crippen LogP contribution < -0.4 is 4.90 Å². The van der Waals surface area contributed by atoms with Gasteiger partial charge in [0, 0.05) is 17.6 Å². The highest BCUT2D eigenvalue weighted by Crippen LogP contribution is 2.34. The summed E-state index contributed by atoms with van der Waals surface area (Å²) in [6.07, 6.45) is 1.52. The Morgan fingerprint density at radius 1 is 1.17 bits per heavy atom. The van der Waals surface area contributed by atoms with Gasteiger partial charge >= 0.3 is 0 Å². The summed E-state index contributed by atoms with van der Waals surface area (Å²) in [5.74, 6) is -0.428. The van der Waals surface area contributed by atoms with Gasteiger partial charge in [-0.25, -0.2) is 0 Å². The van der Waals surface area contributed by atoms with Crippen LogP contribution in [0.1, 0.15) is 5.56 Å². The normalized spacial score (nSPS) is 16.4. The summed E-state index contributed by atoms with van der Waals surface area (Å²) in [6.45, 7) is 0. The van der Waals surface area contributed by atoms with Crippen molar-refractivity contribution in [2.24, 2.45) is 0 Å². The maximum absolute atomic E-state index is 12.8. The lowest BCUT2D eigenvalue weighted by Crippen LogP contribution is -2.30. The zero-order chi connectivity index (χ0) is 17.4. The first-order chi connectivity index (χ1) is 11.4. The summed E-state index contributed by atoms with van der Waals surface area (Å²) in [6, 6.07) is 12.1. The summed E-state index contributed by atoms with van der Waals surface area (Å²) < 4.78 is 0. The van der Waals surface area contributed by atoms with Gasteiger partial charge in [0.15, 0.2) is 5.11 Å². The van der Waals surface area contributed by atoms with Gasteiger partial charge in [-0.05, 0) is 42.6 Å². The van der Waals surface area contributed by atoms with Crippen molar-refractivity contribution in [3.05, 3.63) is 63.8 Å². The molecule has 1 aliphatic rings. The predicted molar refractivity (Wildman–Crippen MR) is 100 cm³/mol. The lowest BCUT2D eigenvalue weighted by molar-refractivity contribution is -0.114. The fourth-order valence-corrected chi connectivity index (χ4v) is 3.20. The zero-order valence-corrected chi connectivity index (χ0v) is 14.9. The smallest absolute Gasteiger partial charge is 0.281 e. The van der Waals surface area contributed by atoms with Crippen molar-refractivity contribution in [2.75, 3.05) is 11.9 Å². The number of aromatic hydroxyl groups is 1. The maximum Gasteiger partial charge on any atom is 0.281 e. The number of hydrogen-bond acceptors (Lipinski definition) is 3.